The van der Waals surface area contributed by atoms with Crippen molar-refractivity contribution in [2.45, 2.75) is 19.9 Å². The van der Waals surface area contributed by atoms with Gasteiger partial charge in [0, 0.05) is 21.0 Å². The number of fused-ring (bicyclic) bond motifs is 1. The summed E-state index contributed by atoms with van der Waals surface area (Å²) in [5.74, 6) is 0.516. The van der Waals surface area contributed by atoms with Gasteiger partial charge >= 0.3 is 0 Å². The molecule has 1 aromatic carbocycles. The van der Waals surface area contributed by atoms with Crippen LogP contribution in [0.15, 0.2) is 23.6 Å². The fourth-order valence-electron chi connectivity index (χ4n) is 2.25. The number of alkyl halides is 1. The number of quaternary nitrogens is 1. The van der Waals surface area contributed by atoms with E-state index >= 15 is 0 Å². The molecule has 2 rings (SSSR count). The number of benzene rings is 1. The topological polar surface area (TPSA) is 4.44 Å². The molecule has 98 valence electrons. The van der Waals surface area contributed by atoms with E-state index in [1.54, 1.807) is 17.4 Å². The molecule has 18 heavy (non-hydrogen) atoms. The van der Waals surface area contributed by atoms with Crippen molar-refractivity contribution in [3.63, 3.8) is 0 Å². The van der Waals surface area contributed by atoms with Gasteiger partial charge in [-0.3, -0.25) is 0 Å². The van der Waals surface area contributed by atoms with Crippen LogP contribution in [-0.4, -0.2) is 19.0 Å². The van der Waals surface area contributed by atoms with Crippen LogP contribution in [-0.2, 0) is 6.54 Å². The summed E-state index contributed by atoms with van der Waals surface area (Å²) < 4.78 is 14.5. The minimum Gasteiger partial charge on any atom is -0.330 e. The first-order chi connectivity index (χ1) is 8.74. The zero-order valence-electron chi connectivity index (χ0n) is 10.5. The van der Waals surface area contributed by atoms with Crippen molar-refractivity contribution in [1.29, 1.82) is 0 Å². The summed E-state index contributed by atoms with van der Waals surface area (Å²) >= 11 is 7.53. The molecule has 1 aromatic heterocycles. The van der Waals surface area contributed by atoms with Gasteiger partial charge in [0.2, 0.25) is 0 Å². The molecule has 0 amide bonds. The average molecular weight is 287 g/mol. The monoisotopic (exact) mass is 286 g/mol. The van der Waals surface area contributed by atoms with Crippen molar-refractivity contribution >= 4 is 33.0 Å². The number of nitrogens with one attached hydrogen (secondary N) is 1. The fourth-order valence-corrected chi connectivity index (χ4v) is 3.46. The highest BCUT2D eigenvalue weighted by atomic mass is 35.5. The average Bonchev–Trinajstić information content (AvgIpc) is 2.73. The summed E-state index contributed by atoms with van der Waals surface area (Å²) in [5, 5.41) is 3.21. The Morgan fingerprint density at radius 1 is 1.33 bits per heavy atom. The SMILES string of the molecule is CCC[NH+](CCCl)Cc1csc2ccc(F)cc12. The summed E-state index contributed by atoms with van der Waals surface area (Å²) in [6, 6.07) is 5.03. The van der Waals surface area contributed by atoms with Crippen LogP contribution in [0.4, 0.5) is 4.39 Å². The van der Waals surface area contributed by atoms with Gasteiger partial charge in [0.05, 0.1) is 19.0 Å². The molecule has 0 saturated heterocycles. The Morgan fingerprint density at radius 2 is 2.17 bits per heavy atom. The molecule has 2 aromatic rings. The molecule has 1 N–H and O–H groups in total. The van der Waals surface area contributed by atoms with Crippen LogP contribution in [0, 0.1) is 5.82 Å². The first kappa shape index (κ1) is 13.8. The molecule has 1 unspecified atom stereocenters. The Balaban J connectivity index is 2.21. The van der Waals surface area contributed by atoms with Crippen LogP contribution < -0.4 is 4.90 Å². The van der Waals surface area contributed by atoms with E-state index in [2.05, 4.69) is 12.3 Å². The van der Waals surface area contributed by atoms with Gasteiger partial charge < -0.3 is 4.90 Å². The predicted molar refractivity (Wildman–Crippen MR) is 77.2 cm³/mol. The van der Waals surface area contributed by atoms with E-state index < -0.39 is 0 Å². The largest absolute Gasteiger partial charge is 0.330 e. The molecule has 0 aliphatic rings. The first-order valence-electron chi connectivity index (χ1n) is 6.29. The minimum atomic E-state index is -0.156. The van der Waals surface area contributed by atoms with Crippen LogP contribution in [0.3, 0.4) is 0 Å². The summed E-state index contributed by atoms with van der Waals surface area (Å²) in [4.78, 5) is 1.47. The van der Waals surface area contributed by atoms with Gasteiger partial charge in [-0.2, -0.15) is 0 Å². The third-order valence-electron chi connectivity index (χ3n) is 3.11. The highest BCUT2D eigenvalue weighted by molar-refractivity contribution is 7.17. The fraction of sp³-hybridized carbons (Fsp3) is 0.429. The van der Waals surface area contributed by atoms with Gasteiger partial charge in [-0.15, -0.1) is 22.9 Å². The summed E-state index contributed by atoms with van der Waals surface area (Å²) in [6.07, 6.45) is 1.14. The lowest BCUT2D eigenvalue weighted by Gasteiger charge is -2.17. The smallest absolute Gasteiger partial charge is 0.123 e. The van der Waals surface area contributed by atoms with E-state index in [0.717, 1.165) is 36.1 Å². The standard InChI is InChI=1S/C14H17ClFNS/c1-2-6-17(7-5-15)9-11-10-18-14-4-3-12(16)8-13(11)14/h3-4,8,10H,2,5-7,9H2,1H3/p+1. The predicted octanol–water partition coefficient (Wildman–Crippen LogP) is 3.07. The van der Waals surface area contributed by atoms with E-state index in [1.807, 2.05) is 6.07 Å². The lowest BCUT2D eigenvalue weighted by molar-refractivity contribution is -0.911. The van der Waals surface area contributed by atoms with Crippen LogP contribution >= 0.6 is 22.9 Å². The Bertz CT molecular complexity index is 505. The maximum absolute atomic E-state index is 13.3. The Hall–Kier alpha value is -0.640. The summed E-state index contributed by atoms with van der Waals surface area (Å²) in [5.41, 5.74) is 1.24. The van der Waals surface area contributed by atoms with Gasteiger partial charge in [0.25, 0.3) is 0 Å². The quantitative estimate of drug-likeness (QED) is 0.779. The van der Waals surface area contributed by atoms with Crippen molar-refractivity contribution in [3.8, 4) is 0 Å². The zero-order valence-corrected chi connectivity index (χ0v) is 12.1. The third-order valence-corrected chi connectivity index (χ3v) is 4.31. The molecule has 0 bridgehead atoms. The lowest BCUT2D eigenvalue weighted by atomic mass is 10.1. The van der Waals surface area contributed by atoms with Crippen molar-refractivity contribution in [1.82, 2.24) is 0 Å². The Labute approximate surface area is 116 Å². The Kier molecular flexibility index (Phi) is 4.98. The highest BCUT2D eigenvalue weighted by Crippen LogP contribution is 2.26. The molecule has 1 atom stereocenters. The second kappa shape index (κ2) is 6.50. The van der Waals surface area contributed by atoms with Gasteiger partial charge in [-0.25, -0.2) is 4.39 Å². The van der Waals surface area contributed by atoms with E-state index in [-0.39, 0.29) is 5.82 Å². The number of hydrogen-bond acceptors (Lipinski definition) is 1. The molecule has 1 nitrogen and oxygen atoms in total. The van der Waals surface area contributed by atoms with E-state index in [4.69, 9.17) is 11.6 Å². The van der Waals surface area contributed by atoms with Crippen molar-refractivity contribution < 1.29 is 9.29 Å². The number of thiophene rings is 1. The van der Waals surface area contributed by atoms with Gasteiger partial charge in [0.1, 0.15) is 12.4 Å². The molecule has 1 heterocycles. The molecule has 0 fully saturated rings. The summed E-state index contributed by atoms with van der Waals surface area (Å²) in [6.45, 7) is 5.19. The van der Waals surface area contributed by atoms with Crippen LogP contribution in [0.5, 0.6) is 0 Å². The minimum absolute atomic E-state index is 0.156. The van der Waals surface area contributed by atoms with Gasteiger partial charge in [-0.1, -0.05) is 6.92 Å². The maximum Gasteiger partial charge on any atom is 0.123 e. The van der Waals surface area contributed by atoms with E-state index in [0.29, 0.717) is 5.88 Å². The number of hydrogen-bond donors (Lipinski definition) is 1. The lowest BCUT2D eigenvalue weighted by Crippen LogP contribution is -3.11. The van der Waals surface area contributed by atoms with Crippen LogP contribution in [0.1, 0.15) is 18.9 Å². The number of halogens is 2. The maximum atomic E-state index is 13.3. The van der Waals surface area contributed by atoms with Gasteiger partial charge in [0.15, 0.2) is 0 Å². The molecule has 0 spiro atoms. The summed E-state index contributed by atoms with van der Waals surface area (Å²) in [7, 11) is 0. The van der Waals surface area contributed by atoms with E-state index in [9.17, 15) is 4.39 Å². The molecule has 0 aliphatic heterocycles. The Morgan fingerprint density at radius 3 is 2.89 bits per heavy atom. The zero-order chi connectivity index (χ0) is 13.0. The normalized spacial score (nSPS) is 13.1. The van der Waals surface area contributed by atoms with Crippen molar-refractivity contribution in [3.05, 3.63) is 35.0 Å². The van der Waals surface area contributed by atoms with Crippen LogP contribution in [0.2, 0.25) is 0 Å². The molecule has 0 radical (unpaired) electrons. The molecule has 0 aliphatic carbocycles. The van der Waals surface area contributed by atoms with Crippen molar-refractivity contribution in [2.24, 2.45) is 0 Å². The van der Waals surface area contributed by atoms with Crippen LogP contribution in [0.25, 0.3) is 10.1 Å². The van der Waals surface area contributed by atoms with Gasteiger partial charge in [-0.05, 0) is 24.6 Å². The van der Waals surface area contributed by atoms with E-state index in [1.165, 1.54) is 16.5 Å². The van der Waals surface area contributed by atoms with Crippen molar-refractivity contribution in [2.75, 3.05) is 19.0 Å². The third kappa shape index (κ3) is 3.22. The highest BCUT2D eigenvalue weighted by Gasteiger charge is 2.12. The molecular formula is C14H18ClFNS+. The molecule has 0 saturated carbocycles. The second-order valence-corrected chi connectivity index (χ2v) is 5.81. The molecular weight excluding hydrogens is 269 g/mol. The second-order valence-electron chi connectivity index (χ2n) is 4.52. The number of rotatable bonds is 6. The first-order valence-corrected chi connectivity index (χ1v) is 7.71. The molecule has 4 heteroatoms.